The molecular weight excluding hydrogens is 214 g/mol. The van der Waals surface area contributed by atoms with Gasteiger partial charge in [-0.15, -0.1) is 0 Å². The van der Waals surface area contributed by atoms with E-state index in [9.17, 15) is 4.79 Å². The number of ether oxygens (including phenoxy) is 1. The van der Waals surface area contributed by atoms with Gasteiger partial charge in [-0.05, 0) is 25.3 Å². The highest BCUT2D eigenvalue weighted by Gasteiger charge is 2.34. The van der Waals surface area contributed by atoms with E-state index >= 15 is 0 Å². The maximum absolute atomic E-state index is 11.4. The van der Waals surface area contributed by atoms with Crippen LogP contribution in [0.3, 0.4) is 0 Å². The van der Waals surface area contributed by atoms with Gasteiger partial charge in [-0.1, -0.05) is 39.5 Å². The summed E-state index contributed by atoms with van der Waals surface area (Å²) in [6.45, 7) is 6.68. The Hall–Kier alpha value is -0.570. The summed E-state index contributed by atoms with van der Waals surface area (Å²) in [5.74, 6) is 0.769. The third-order valence-corrected chi connectivity index (χ3v) is 3.58. The Morgan fingerprint density at radius 3 is 2.53 bits per heavy atom. The van der Waals surface area contributed by atoms with Gasteiger partial charge in [0.2, 0.25) is 0 Å². The molecule has 1 unspecified atom stereocenters. The molecule has 3 nitrogen and oxygen atoms in total. The fourth-order valence-corrected chi connectivity index (χ4v) is 2.33. The van der Waals surface area contributed by atoms with E-state index < -0.39 is 0 Å². The molecule has 0 aliphatic carbocycles. The normalized spacial score (nSPS) is 20.4. The van der Waals surface area contributed by atoms with Gasteiger partial charge in [-0.2, -0.15) is 0 Å². The quantitative estimate of drug-likeness (QED) is 0.483. The SMILES string of the molecule is COC(=O)C1CCN1CCCCCCC(C)C. The number of likely N-dealkylation sites (tertiary alicyclic amines) is 1. The summed E-state index contributed by atoms with van der Waals surface area (Å²) in [5.41, 5.74) is 0. The van der Waals surface area contributed by atoms with Crippen molar-refractivity contribution >= 4 is 5.97 Å². The molecule has 1 fully saturated rings. The number of methoxy groups -OCH3 is 1. The van der Waals surface area contributed by atoms with Gasteiger partial charge in [-0.25, -0.2) is 0 Å². The monoisotopic (exact) mass is 241 g/mol. The first-order valence-electron chi connectivity index (χ1n) is 6.97. The van der Waals surface area contributed by atoms with Crippen LogP contribution in [0.5, 0.6) is 0 Å². The Morgan fingerprint density at radius 2 is 2.00 bits per heavy atom. The molecule has 100 valence electrons. The number of hydrogen-bond acceptors (Lipinski definition) is 3. The molecule has 1 aliphatic heterocycles. The molecule has 0 aromatic carbocycles. The molecule has 0 radical (unpaired) electrons. The van der Waals surface area contributed by atoms with Crippen molar-refractivity contribution < 1.29 is 9.53 Å². The molecule has 1 atom stereocenters. The summed E-state index contributed by atoms with van der Waals surface area (Å²) in [6, 6.07) is 0.0515. The number of rotatable bonds is 8. The summed E-state index contributed by atoms with van der Waals surface area (Å²) in [5, 5.41) is 0. The van der Waals surface area contributed by atoms with E-state index in [0.717, 1.165) is 25.4 Å². The molecular formula is C14H27NO2. The van der Waals surface area contributed by atoms with Crippen molar-refractivity contribution in [2.45, 2.75) is 58.4 Å². The van der Waals surface area contributed by atoms with Crippen LogP contribution in [0.1, 0.15) is 52.4 Å². The van der Waals surface area contributed by atoms with Gasteiger partial charge in [-0.3, -0.25) is 9.69 Å². The van der Waals surface area contributed by atoms with E-state index in [2.05, 4.69) is 18.7 Å². The van der Waals surface area contributed by atoms with Crippen molar-refractivity contribution in [2.24, 2.45) is 5.92 Å². The molecule has 0 saturated carbocycles. The molecule has 1 saturated heterocycles. The first kappa shape index (κ1) is 14.5. The lowest BCUT2D eigenvalue weighted by molar-refractivity contribution is -0.151. The third-order valence-electron chi connectivity index (χ3n) is 3.58. The third kappa shape index (κ3) is 5.07. The summed E-state index contributed by atoms with van der Waals surface area (Å²) in [6.07, 6.45) is 7.49. The van der Waals surface area contributed by atoms with Crippen LogP contribution in [0.15, 0.2) is 0 Å². The number of unbranched alkanes of at least 4 members (excludes halogenated alkanes) is 3. The van der Waals surface area contributed by atoms with Gasteiger partial charge in [0.15, 0.2) is 0 Å². The predicted octanol–water partition coefficient (Wildman–Crippen LogP) is 2.84. The number of carbonyl (C=O) groups excluding carboxylic acids is 1. The summed E-state index contributed by atoms with van der Waals surface area (Å²) < 4.78 is 4.77. The average Bonchev–Trinajstić information content (AvgIpc) is 2.25. The van der Waals surface area contributed by atoms with Gasteiger partial charge in [0, 0.05) is 6.54 Å². The Bertz CT molecular complexity index is 228. The fraction of sp³-hybridized carbons (Fsp3) is 0.929. The highest BCUT2D eigenvalue weighted by Crippen LogP contribution is 2.19. The molecule has 0 spiro atoms. The van der Waals surface area contributed by atoms with Crippen molar-refractivity contribution in [3.8, 4) is 0 Å². The first-order valence-corrected chi connectivity index (χ1v) is 6.97. The Labute approximate surface area is 106 Å². The maximum Gasteiger partial charge on any atom is 0.323 e. The van der Waals surface area contributed by atoms with E-state index in [0.29, 0.717) is 0 Å². The van der Waals surface area contributed by atoms with Crippen molar-refractivity contribution in [1.82, 2.24) is 4.90 Å². The van der Waals surface area contributed by atoms with Crippen LogP contribution in [-0.4, -0.2) is 37.1 Å². The van der Waals surface area contributed by atoms with Crippen molar-refractivity contribution in [1.29, 1.82) is 0 Å². The molecule has 0 N–H and O–H groups in total. The molecule has 0 aromatic rings. The molecule has 1 heterocycles. The molecule has 3 heteroatoms. The summed E-state index contributed by atoms with van der Waals surface area (Å²) in [7, 11) is 1.48. The van der Waals surface area contributed by atoms with Gasteiger partial charge in [0.1, 0.15) is 6.04 Å². The zero-order valence-corrected chi connectivity index (χ0v) is 11.6. The van der Waals surface area contributed by atoms with Crippen LogP contribution >= 0.6 is 0 Å². The van der Waals surface area contributed by atoms with Gasteiger partial charge < -0.3 is 4.74 Å². The minimum atomic E-state index is -0.0592. The zero-order chi connectivity index (χ0) is 12.7. The fourth-order valence-electron chi connectivity index (χ4n) is 2.33. The second-order valence-corrected chi connectivity index (χ2v) is 5.46. The first-order chi connectivity index (χ1) is 8.15. The lowest BCUT2D eigenvalue weighted by atomic mass is 10.0. The Balaban J connectivity index is 1.98. The van der Waals surface area contributed by atoms with Crippen molar-refractivity contribution in [2.75, 3.05) is 20.2 Å². The van der Waals surface area contributed by atoms with E-state index in [4.69, 9.17) is 4.74 Å². The van der Waals surface area contributed by atoms with Crippen LogP contribution in [0.25, 0.3) is 0 Å². The highest BCUT2D eigenvalue weighted by molar-refractivity contribution is 5.76. The lowest BCUT2D eigenvalue weighted by Gasteiger charge is -2.38. The molecule has 1 rings (SSSR count). The van der Waals surface area contributed by atoms with E-state index in [1.807, 2.05) is 0 Å². The van der Waals surface area contributed by atoms with Crippen molar-refractivity contribution in [3.63, 3.8) is 0 Å². The second-order valence-electron chi connectivity index (χ2n) is 5.46. The van der Waals surface area contributed by atoms with Crippen molar-refractivity contribution in [3.05, 3.63) is 0 Å². The molecule has 17 heavy (non-hydrogen) atoms. The zero-order valence-electron chi connectivity index (χ0n) is 11.6. The Kier molecular flexibility index (Phi) is 6.56. The van der Waals surface area contributed by atoms with Crippen LogP contribution in [-0.2, 0) is 9.53 Å². The predicted molar refractivity (Wildman–Crippen MR) is 69.9 cm³/mol. The second kappa shape index (κ2) is 7.70. The van der Waals surface area contributed by atoms with E-state index in [1.165, 1.54) is 39.2 Å². The topological polar surface area (TPSA) is 29.5 Å². The summed E-state index contributed by atoms with van der Waals surface area (Å²) in [4.78, 5) is 13.6. The largest absolute Gasteiger partial charge is 0.468 e. The molecule has 1 aliphatic rings. The standard InChI is InChI=1S/C14H27NO2/c1-12(2)8-6-4-5-7-10-15-11-9-13(15)14(16)17-3/h12-13H,4-11H2,1-3H3. The van der Waals surface area contributed by atoms with E-state index in [-0.39, 0.29) is 12.0 Å². The minimum Gasteiger partial charge on any atom is -0.468 e. The average molecular weight is 241 g/mol. The lowest BCUT2D eigenvalue weighted by Crippen LogP contribution is -2.52. The molecule has 0 bridgehead atoms. The van der Waals surface area contributed by atoms with Crippen LogP contribution in [0.4, 0.5) is 0 Å². The van der Waals surface area contributed by atoms with Crippen LogP contribution < -0.4 is 0 Å². The van der Waals surface area contributed by atoms with Gasteiger partial charge in [0.25, 0.3) is 0 Å². The number of carbonyl (C=O) groups is 1. The number of esters is 1. The summed E-state index contributed by atoms with van der Waals surface area (Å²) >= 11 is 0. The minimum absolute atomic E-state index is 0.0515. The van der Waals surface area contributed by atoms with Crippen LogP contribution in [0, 0.1) is 5.92 Å². The molecule has 0 amide bonds. The highest BCUT2D eigenvalue weighted by atomic mass is 16.5. The van der Waals surface area contributed by atoms with Gasteiger partial charge in [0.05, 0.1) is 7.11 Å². The van der Waals surface area contributed by atoms with Gasteiger partial charge >= 0.3 is 5.97 Å². The number of hydrogen-bond donors (Lipinski definition) is 0. The maximum atomic E-state index is 11.4. The van der Waals surface area contributed by atoms with E-state index in [1.54, 1.807) is 0 Å². The Morgan fingerprint density at radius 1 is 1.29 bits per heavy atom. The molecule has 0 aromatic heterocycles. The van der Waals surface area contributed by atoms with Crippen LogP contribution in [0.2, 0.25) is 0 Å². The number of nitrogens with zero attached hydrogens (tertiary/aromatic N) is 1. The smallest absolute Gasteiger partial charge is 0.323 e.